The molecule has 2 atom stereocenters. The molecule has 2 unspecified atom stereocenters. The zero-order valence-corrected chi connectivity index (χ0v) is 12.0. The molecule has 2 fully saturated rings. The molecular weight excluding hydrogens is 260 g/mol. The van der Waals surface area contributed by atoms with Gasteiger partial charge in [-0.05, 0) is 48.9 Å². The van der Waals surface area contributed by atoms with E-state index in [4.69, 9.17) is 0 Å². The van der Waals surface area contributed by atoms with Gasteiger partial charge in [0.05, 0.1) is 4.90 Å². The van der Waals surface area contributed by atoms with Crippen molar-refractivity contribution in [1.29, 1.82) is 0 Å². The third-order valence-corrected chi connectivity index (χ3v) is 6.32. The topological polar surface area (TPSA) is 49.4 Å². The van der Waals surface area contributed by atoms with E-state index in [0.717, 1.165) is 5.69 Å². The summed E-state index contributed by atoms with van der Waals surface area (Å²) in [6.07, 6.45) is 3.64. The first-order chi connectivity index (χ1) is 9.11. The molecule has 1 aliphatic carbocycles. The van der Waals surface area contributed by atoms with Crippen LogP contribution in [0.1, 0.15) is 19.3 Å². The average molecular weight is 280 g/mol. The molecule has 2 aliphatic rings. The largest absolute Gasteiger partial charge is 0.388 e. The lowest BCUT2D eigenvalue weighted by molar-refractivity contribution is 0.445. The molecule has 0 bridgehead atoms. The Labute approximate surface area is 114 Å². The summed E-state index contributed by atoms with van der Waals surface area (Å²) in [6.45, 7) is 1.42. The van der Waals surface area contributed by atoms with Gasteiger partial charge in [-0.1, -0.05) is 6.42 Å². The summed E-state index contributed by atoms with van der Waals surface area (Å²) in [5.74, 6) is 1.18. The van der Waals surface area contributed by atoms with Crippen LogP contribution in [0.3, 0.4) is 0 Å². The van der Waals surface area contributed by atoms with Crippen molar-refractivity contribution in [3.63, 3.8) is 0 Å². The minimum Gasteiger partial charge on any atom is -0.388 e. The number of hydrogen-bond acceptors (Lipinski definition) is 3. The molecule has 1 N–H and O–H groups in total. The van der Waals surface area contributed by atoms with E-state index in [2.05, 4.69) is 5.32 Å². The molecule has 1 aromatic carbocycles. The summed E-state index contributed by atoms with van der Waals surface area (Å²) in [6, 6.07) is 7.00. The summed E-state index contributed by atoms with van der Waals surface area (Å²) in [4.78, 5) is 0.409. The third-order valence-electron chi connectivity index (χ3n) is 4.47. The summed E-state index contributed by atoms with van der Waals surface area (Å²) in [7, 11) is -1.48. The second-order valence-corrected chi connectivity index (χ2v) is 7.49. The van der Waals surface area contributed by atoms with Crippen LogP contribution < -0.4 is 5.32 Å². The van der Waals surface area contributed by atoms with Crippen LogP contribution in [-0.4, -0.2) is 32.9 Å². The van der Waals surface area contributed by atoms with Crippen LogP contribution in [0, 0.1) is 11.8 Å². The number of fused-ring (bicyclic) bond motifs is 1. The fourth-order valence-corrected chi connectivity index (χ4v) is 4.88. The minimum absolute atomic E-state index is 0.409. The Morgan fingerprint density at radius 2 is 1.68 bits per heavy atom. The summed E-state index contributed by atoms with van der Waals surface area (Å²) in [5, 5.41) is 3.00. The Balaban J connectivity index is 1.82. The highest BCUT2D eigenvalue weighted by Crippen LogP contribution is 2.39. The second kappa shape index (κ2) is 4.80. The highest BCUT2D eigenvalue weighted by Gasteiger charge is 2.41. The van der Waals surface area contributed by atoms with Crippen LogP contribution in [-0.2, 0) is 10.0 Å². The zero-order valence-electron chi connectivity index (χ0n) is 11.2. The van der Waals surface area contributed by atoms with Gasteiger partial charge >= 0.3 is 0 Å². The smallest absolute Gasteiger partial charge is 0.243 e. The molecular formula is C14H20N2O2S. The van der Waals surface area contributed by atoms with Gasteiger partial charge in [-0.25, -0.2) is 8.42 Å². The van der Waals surface area contributed by atoms with Crippen molar-refractivity contribution in [3.8, 4) is 0 Å². The van der Waals surface area contributed by atoms with E-state index < -0.39 is 10.0 Å². The standard InChI is InChI=1S/C14H20N2O2S/c1-15-13-5-7-14(8-6-13)19(17,18)16-9-11-3-2-4-12(11)10-16/h5-8,11-12,15H,2-4,9-10H2,1H3. The van der Waals surface area contributed by atoms with Crippen LogP contribution in [0.15, 0.2) is 29.2 Å². The Kier molecular flexibility index (Phi) is 3.27. The van der Waals surface area contributed by atoms with Gasteiger partial charge in [0.15, 0.2) is 0 Å². The Bertz CT molecular complexity index is 541. The number of rotatable bonds is 3. The van der Waals surface area contributed by atoms with E-state index in [-0.39, 0.29) is 0 Å². The monoisotopic (exact) mass is 280 g/mol. The van der Waals surface area contributed by atoms with E-state index in [1.54, 1.807) is 16.4 Å². The lowest BCUT2D eigenvalue weighted by Crippen LogP contribution is -2.29. The van der Waals surface area contributed by atoms with Crippen molar-refractivity contribution in [2.45, 2.75) is 24.2 Å². The maximum atomic E-state index is 12.6. The molecule has 0 spiro atoms. The van der Waals surface area contributed by atoms with Gasteiger partial charge in [-0.2, -0.15) is 4.31 Å². The molecule has 19 heavy (non-hydrogen) atoms. The van der Waals surface area contributed by atoms with Gasteiger partial charge in [-0.15, -0.1) is 0 Å². The van der Waals surface area contributed by atoms with E-state index in [9.17, 15) is 8.42 Å². The number of benzene rings is 1. The Hall–Kier alpha value is -1.07. The summed E-state index contributed by atoms with van der Waals surface area (Å²) in [5.41, 5.74) is 0.928. The average Bonchev–Trinajstić information content (AvgIpc) is 2.99. The van der Waals surface area contributed by atoms with Gasteiger partial charge in [0.25, 0.3) is 0 Å². The van der Waals surface area contributed by atoms with Crippen LogP contribution >= 0.6 is 0 Å². The first-order valence-electron chi connectivity index (χ1n) is 6.89. The molecule has 5 heteroatoms. The molecule has 3 rings (SSSR count). The fraction of sp³-hybridized carbons (Fsp3) is 0.571. The first kappa shape index (κ1) is 12.9. The minimum atomic E-state index is -3.30. The van der Waals surface area contributed by atoms with Gasteiger partial charge in [0.2, 0.25) is 10.0 Å². The normalized spacial score (nSPS) is 27.4. The van der Waals surface area contributed by atoms with E-state index in [0.29, 0.717) is 29.8 Å². The van der Waals surface area contributed by atoms with Crippen molar-refractivity contribution in [2.75, 3.05) is 25.5 Å². The van der Waals surface area contributed by atoms with Crippen LogP contribution in [0.2, 0.25) is 0 Å². The molecule has 1 saturated heterocycles. The number of nitrogens with zero attached hydrogens (tertiary/aromatic N) is 1. The zero-order chi connectivity index (χ0) is 13.5. The SMILES string of the molecule is CNc1ccc(S(=O)(=O)N2CC3CCCC3C2)cc1. The van der Waals surface area contributed by atoms with Crippen LogP contribution in [0.5, 0.6) is 0 Å². The van der Waals surface area contributed by atoms with Crippen molar-refractivity contribution >= 4 is 15.7 Å². The summed E-state index contributed by atoms with van der Waals surface area (Å²) < 4.78 is 26.8. The maximum Gasteiger partial charge on any atom is 0.243 e. The highest BCUT2D eigenvalue weighted by molar-refractivity contribution is 7.89. The molecule has 4 nitrogen and oxygen atoms in total. The van der Waals surface area contributed by atoms with Gasteiger partial charge in [0, 0.05) is 25.8 Å². The second-order valence-electron chi connectivity index (χ2n) is 5.55. The van der Waals surface area contributed by atoms with E-state index in [1.165, 1.54) is 19.3 Å². The lowest BCUT2D eigenvalue weighted by atomic mass is 10.0. The van der Waals surface area contributed by atoms with Gasteiger partial charge < -0.3 is 5.32 Å². The maximum absolute atomic E-state index is 12.6. The van der Waals surface area contributed by atoms with Crippen LogP contribution in [0.4, 0.5) is 5.69 Å². The van der Waals surface area contributed by atoms with Crippen molar-refractivity contribution in [1.82, 2.24) is 4.31 Å². The Morgan fingerprint density at radius 3 is 2.21 bits per heavy atom. The van der Waals surface area contributed by atoms with Crippen molar-refractivity contribution in [2.24, 2.45) is 11.8 Å². The van der Waals surface area contributed by atoms with Gasteiger partial charge in [0.1, 0.15) is 0 Å². The predicted octanol–water partition coefficient (Wildman–Crippen LogP) is 2.15. The molecule has 1 aromatic rings. The Morgan fingerprint density at radius 1 is 1.11 bits per heavy atom. The predicted molar refractivity (Wildman–Crippen MR) is 75.6 cm³/mol. The van der Waals surface area contributed by atoms with Crippen molar-refractivity contribution < 1.29 is 8.42 Å². The molecule has 0 aromatic heterocycles. The quantitative estimate of drug-likeness (QED) is 0.923. The first-order valence-corrected chi connectivity index (χ1v) is 8.33. The molecule has 0 radical (unpaired) electrons. The van der Waals surface area contributed by atoms with E-state index in [1.807, 2.05) is 19.2 Å². The fourth-order valence-electron chi connectivity index (χ4n) is 3.33. The summed E-state index contributed by atoms with van der Waals surface area (Å²) >= 11 is 0. The molecule has 1 saturated carbocycles. The number of anilines is 1. The number of nitrogens with one attached hydrogen (secondary N) is 1. The number of hydrogen-bond donors (Lipinski definition) is 1. The highest BCUT2D eigenvalue weighted by atomic mass is 32.2. The third kappa shape index (κ3) is 2.25. The number of sulfonamides is 1. The molecule has 1 heterocycles. The molecule has 1 aliphatic heterocycles. The van der Waals surface area contributed by atoms with Crippen molar-refractivity contribution in [3.05, 3.63) is 24.3 Å². The van der Waals surface area contributed by atoms with Gasteiger partial charge in [-0.3, -0.25) is 0 Å². The molecule has 0 amide bonds. The van der Waals surface area contributed by atoms with E-state index >= 15 is 0 Å². The molecule has 104 valence electrons. The lowest BCUT2D eigenvalue weighted by Gasteiger charge is -2.17. The van der Waals surface area contributed by atoms with Crippen LogP contribution in [0.25, 0.3) is 0 Å².